The maximum atomic E-state index is 9.25. The molecule has 4 aliphatic rings. The number of methoxy groups -OCH3 is 2. The van der Waals surface area contributed by atoms with Crippen LogP contribution >= 0.6 is 0 Å². The number of rotatable bonds is 6. The Hall–Kier alpha value is -1.38. The topological polar surface area (TPSA) is 60.1 Å². The lowest BCUT2D eigenvalue weighted by molar-refractivity contribution is -0.177. The summed E-state index contributed by atoms with van der Waals surface area (Å²) < 4.78 is 13.8. The number of fused-ring (bicyclic) bond motifs is 5. The van der Waals surface area contributed by atoms with Gasteiger partial charge in [0.05, 0.1) is 23.9 Å². The van der Waals surface area contributed by atoms with Crippen LogP contribution in [-0.4, -0.2) is 36.2 Å². The van der Waals surface area contributed by atoms with Gasteiger partial charge in [-0.1, -0.05) is 20.8 Å². The summed E-state index contributed by atoms with van der Waals surface area (Å²) in [4.78, 5) is 0. The zero-order chi connectivity index (χ0) is 25.1. The summed E-state index contributed by atoms with van der Waals surface area (Å²) in [5.74, 6) is 3.77. The van der Waals surface area contributed by atoms with Crippen molar-refractivity contribution in [1.82, 2.24) is 9.78 Å². The van der Waals surface area contributed by atoms with Crippen molar-refractivity contribution < 1.29 is 9.47 Å². The van der Waals surface area contributed by atoms with Crippen molar-refractivity contribution in [3.05, 3.63) is 18.0 Å². The number of nitriles is 1. The van der Waals surface area contributed by atoms with Crippen LogP contribution < -0.4 is 0 Å². The summed E-state index contributed by atoms with van der Waals surface area (Å²) >= 11 is 0. The average Bonchev–Trinajstić information content (AvgIpc) is 3.43. The van der Waals surface area contributed by atoms with Gasteiger partial charge in [0.2, 0.25) is 0 Å². The minimum atomic E-state index is -0.277. The molecule has 0 aromatic carbocycles. The predicted molar refractivity (Wildman–Crippen MR) is 138 cm³/mol. The van der Waals surface area contributed by atoms with E-state index in [-0.39, 0.29) is 5.60 Å². The van der Waals surface area contributed by atoms with E-state index in [1.165, 1.54) is 57.8 Å². The first-order valence-corrected chi connectivity index (χ1v) is 14.1. The van der Waals surface area contributed by atoms with Gasteiger partial charge in [-0.2, -0.15) is 10.4 Å². The quantitative estimate of drug-likeness (QED) is 0.467. The van der Waals surface area contributed by atoms with Crippen LogP contribution in [0.3, 0.4) is 0 Å². The summed E-state index contributed by atoms with van der Waals surface area (Å²) in [5, 5.41) is 13.7. The van der Waals surface area contributed by atoms with Crippen molar-refractivity contribution >= 4 is 0 Å². The lowest BCUT2D eigenvalue weighted by Crippen LogP contribution is -2.59. The number of aromatic nitrogens is 2. The Kier molecular flexibility index (Phi) is 6.41. The zero-order valence-electron chi connectivity index (χ0n) is 23.0. The third-order valence-electron chi connectivity index (χ3n) is 12.3. The molecule has 4 saturated carbocycles. The van der Waals surface area contributed by atoms with Crippen molar-refractivity contribution in [2.45, 2.75) is 97.6 Å². The minimum absolute atomic E-state index is 0.277. The van der Waals surface area contributed by atoms with Gasteiger partial charge in [-0.25, -0.2) is 0 Å². The Labute approximate surface area is 212 Å². The Morgan fingerprint density at radius 1 is 1.09 bits per heavy atom. The van der Waals surface area contributed by atoms with Gasteiger partial charge in [-0.3, -0.25) is 4.68 Å². The molecule has 0 saturated heterocycles. The number of hydrogen-bond donors (Lipinski definition) is 0. The molecule has 4 fully saturated rings. The van der Waals surface area contributed by atoms with E-state index in [4.69, 9.17) is 9.47 Å². The van der Waals surface area contributed by atoms with Gasteiger partial charge in [-0.15, -0.1) is 0 Å². The molecule has 0 aliphatic heterocycles. The fourth-order valence-corrected chi connectivity index (χ4v) is 10.3. The molecule has 1 aromatic rings. The lowest BCUT2D eigenvalue weighted by Gasteiger charge is -2.66. The summed E-state index contributed by atoms with van der Waals surface area (Å²) in [7, 11) is 3.75. The second-order valence-corrected chi connectivity index (χ2v) is 13.7. The summed E-state index contributed by atoms with van der Waals surface area (Å²) in [6, 6.07) is 2.21. The standard InChI is InChI=1S/C30H47N3O2/c1-27-12-10-23-24-7-8-26(30(4,35-6)20-33-18-22(16-31)17-32-33)28(24,2)13-11-25(23)29(27,3)14-9-21(15-27)19-34-5/h17-18,21,23-26H,7-15,19-20H2,1-6H3/t21-,23-,24?,25?,26-,27+,28-,29+,30?/m0/s1. The average molecular weight is 482 g/mol. The maximum absolute atomic E-state index is 9.25. The molecule has 4 aliphatic carbocycles. The van der Waals surface area contributed by atoms with Crippen LogP contribution in [0.4, 0.5) is 0 Å². The molecule has 0 N–H and O–H groups in total. The van der Waals surface area contributed by atoms with Crippen molar-refractivity contribution in [3.63, 3.8) is 0 Å². The molecule has 1 heterocycles. The van der Waals surface area contributed by atoms with E-state index in [0.717, 1.165) is 30.3 Å². The van der Waals surface area contributed by atoms with Gasteiger partial charge in [0.25, 0.3) is 0 Å². The highest BCUT2D eigenvalue weighted by Gasteiger charge is 2.65. The Morgan fingerprint density at radius 3 is 2.57 bits per heavy atom. The number of hydrogen-bond acceptors (Lipinski definition) is 4. The third kappa shape index (κ3) is 3.81. The normalized spacial score (nSPS) is 44.5. The maximum Gasteiger partial charge on any atom is 0.102 e. The predicted octanol–water partition coefficient (Wildman–Crippen LogP) is 6.47. The van der Waals surface area contributed by atoms with Gasteiger partial charge >= 0.3 is 0 Å². The SMILES string of the molecule is COC[C@H]1CC[C@]2(C)C3CC[C@@]4(C)C(CC[C@@H]4C(C)(Cn4cc(C#N)cn4)OC)[C@@H]3CC[C@]2(C)C1. The van der Waals surface area contributed by atoms with Crippen LogP contribution in [0.2, 0.25) is 0 Å². The fraction of sp³-hybridized carbons (Fsp3) is 0.867. The molecule has 0 spiro atoms. The summed E-state index contributed by atoms with van der Waals surface area (Å²) in [6.07, 6.45) is 15.6. The molecule has 0 amide bonds. The van der Waals surface area contributed by atoms with Gasteiger partial charge in [0, 0.05) is 27.0 Å². The van der Waals surface area contributed by atoms with E-state index in [0.29, 0.717) is 34.3 Å². The van der Waals surface area contributed by atoms with Crippen LogP contribution in [-0.2, 0) is 16.0 Å². The van der Waals surface area contributed by atoms with E-state index < -0.39 is 0 Å². The van der Waals surface area contributed by atoms with Gasteiger partial charge in [-0.05, 0) is 111 Å². The Bertz CT molecular complexity index is 969. The van der Waals surface area contributed by atoms with E-state index in [1.807, 2.05) is 25.1 Å². The summed E-state index contributed by atoms with van der Waals surface area (Å²) in [5.41, 5.74) is 1.58. The first kappa shape index (κ1) is 25.3. The molecule has 9 atom stereocenters. The molecule has 35 heavy (non-hydrogen) atoms. The fourth-order valence-electron chi connectivity index (χ4n) is 10.3. The number of ether oxygens (including phenoxy) is 2. The van der Waals surface area contributed by atoms with E-state index in [2.05, 4.69) is 38.9 Å². The molecule has 5 rings (SSSR count). The van der Waals surface area contributed by atoms with Crippen molar-refractivity contribution in [3.8, 4) is 6.07 Å². The van der Waals surface area contributed by atoms with Crippen molar-refractivity contribution in [1.29, 1.82) is 5.26 Å². The zero-order valence-corrected chi connectivity index (χ0v) is 23.0. The van der Waals surface area contributed by atoms with E-state index in [9.17, 15) is 5.26 Å². The van der Waals surface area contributed by atoms with E-state index >= 15 is 0 Å². The second kappa shape index (κ2) is 8.88. The van der Waals surface area contributed by atoms with Gasteiger partial charge in [0.15, 0.2) is 0 Å². The van der Waals surface area contributed by atoms with Crippen LogP contribution in [0.5, 0.6) is 0 Å². The Morgan fingerprint density at radius 2 is 1.89 bits per heavy atom. The van der Waals surface area contributed by atoms with Crippen LogP contribution in [0, 0.1) is 57.2 Å². The van der Waals surface area contributed by atoms with Gasteiger partial charge in [0.1, 0.15) is 6.07 Å². The molecule has 5 heteroatoms. The highest BCUT2D eigenvalue weighted by atomic mass is 16.5. The minimum Gasteiger partial charge on any atom is -0.384 e. The second-order valence-electron chi connectivity index (χ2n) is 13.7. The molecule has 1 aromatic heterocycles. The van der Waals surface area contributed by atoms with Crippen LogP contribution in [0.15, 0.2) is 12.4 Å². The van der Waals surface area contributed by atoms with Gasteiger partial charge < -0.3 is 9.47 Å². The lowest BCUT2D eigenvalue weighted by atomic mass is 9.39. The monoisotopic (exact) mass is 481 g/mol. The van der Waals surface area contributed by atoms with Crippen molar-refractivity contribution in [2.24, 2.45) is 45.8 Å². The first-order valence-electron chi connectivity index (χ1n) is 14.1. The molecule has 3 unspecified atom stereocenters. The highest BCUT2D eigenvalue weighted by molar-refractivity contribution is 5.22. The third-order valence-corrected chi connectivity index (χ3v) is 12.3. The molecule has 0 radical (unpaired) electrons. The molecule has 5 nitrogen and oxygen atoms in total. The molecular weight excluding hydrogens is 434 g/mol. The largest absolute Gasteiger partial charge is 0.384 e. The Balaban J connectivity index is 1.38. The summed E-state index contributed by atoms with van der Waals surface area (Å²) in [6.45, 7) is 11.8. The molecular formula is C30H47N3O2. The van der Waals surface area contributed by atoms with E-state index in [1.54, 1.807) is 6.20 Å². The smallest absolute Gasteiger partial charge is 0.102 e. The molecule has 0 bridgehead atoms. The first-order chi connectivity index (χ1) is 16.6. The molecule has 194 valence electrons. The van der Waals surface area contributed by atoms with Crippen molar-refractivity contribution in [2.75, 3.05) is 20.8 Å². The van der Waals surface area contributed by atoms with Crippen LogP contribution in [0.1, 0.15) is 91.0 Å². The number of nitrogens with zero attached hydrogens (tertiary/aromatic N) is 3. The highest BCUT2D eigenvalue weighted by Crippen LogP contribution is 2.72. The van der Waals surface area contributed by atoms with Crippen LogP contribution in [0.25, 0.3) is 0 Å².